The first-order valence-corrected chi connectivity index (χ1v) is 14.7. The van der Waals surface area contributed by atoms with Crippen LogP contribution in [0.25, 0.3) is 0 Å². The molecule has 0 saturated carbocycles. The van der Waals surface area contributed by atoms with E-state index >= 15 is 0 Å². The molecule has 1 heterocycles. The van der Waals surface area contributed by atoms with E-state index in [1.54, 1.807) is 24.3 Å². The number of amides is 1. The van der Waals surface area contributed by atoms with Gasteiger partial charge in [0, 0.05) is 42.4 Å². The number of nitrogens with one attached hydrogen (secondary N) is 1. The zero-order valence-electron chi connectivity index (χ0n) is 20.1. The lowest BCUT2D eigenvalue weighted by atomic mass is 10.2. The highest BCUT2D eigenvalue weighted by atomic mass is 35.5. The summed E-state index contributed by atoms with van der Waals surface area (Å²) in [4.78, 5) is 23.6. The van der Waals surface area contributed by atoms with Crippen LogP contribution in [0.3, 0.4) is 0 Å². The minimum absolute atomic E-state index is 0.00172. The molecule has 12 nitrogen and oxygen atoms in total. The van der Waals surface area contributed by atoms with Gasteiger partial charge in [0.25, 0.3) is 11.6 Å². The number of sulfonamides is 2. The van der Waals surface area contributed by atoms with Gasteiger partial charge in [-0.1, -0.05) is 48.0 Å². The lowest BCUT2D eigenvalue weighted by Gasteiger charge is -2.38. The van der Waals surface area contributed by atoms with Gasteiger partial charge in [-0.15, -0.1) is 0 Å². The fraction of sp³-hybridized carbons (Fsp3) is 0.167. The van der Waals surface area contributed by atoms with Gasteiger partial charge in [-0.25, -0.2) is 22.3 Å². The summed E-state index contributed by atoms with van der Waals surface area (Å²) in [7, 11) is -8.22. The molecule has 0 aromatic heterocycles. The minimum atomic E-state index is -4.19. The molecule has 0 spiro atoms. The van der Waals surface area contributed by atoms with Gasteiger partial charge in [-0.3, -0.25) is 14.9 Å². The molecule has 3 aromatic carbocycles. The molecule has 204 valence electrons. The molecule has 1 saturated heterocycles. The summed E-state index contributed by atoms with van der Waals surface area (Å²) in [6.45, 7) is -0.941. The third-order valence-corrected chi connectivity index (χ3v) is 10.0. The number of hydrazone groups is 1. The molecular weight excluding hydrogens is 570 g/mol. The molecule has 1 atom stereocenters. The number of carbonyl (C=O) groups is 1. The molecule has 0 unspecified atom stereocenters. The van der Waals surface area contributed by atoms with Crippen LogP contribution in [0.1, 0.15) is 5.56 Å². The molecule has 3 aromatic rings. The monoisotopic (exact) mass is 591 g/mol. The number of non-ortho nitro benzene ring substituents is 1. The van der Waals surface area contributed by atoms with E-state index in [1.807, 2.05) is 0 Å². The molecule has 1 amide bonds. The van der Waals surface area contributed by atoms with Crippen LogP contribution in [-0.2, 0) is 24.8 Å². The topological polar surface area (TPSA) is 159 Å². The Hall–Kier alpha value is -3.69. The largest absolute Gasteiger partial charge is 0.271 e. The van der Waals surface area contributed by atoms with Crippen molar-refractivity contribution in [3.8, 4) is 0 Å². The molecule has 0 radical (unpaired) electrons. The standard InChI is InChI=1S/C24H22ClN5O7S2/c25-22-12-11-19(30(32)33)15-18(22)16-26-27-24(31)23-17-28(38(34,35)20-7-3-1-4-8-20)13-14-29(23)39(36,37)21-9-5-2-6-10-21/h1-12,15-16,23H,13-14,17H2,(H,27,31)/b26-16-/t23-/m1/s1. The molecular formula is C24H22ClN5O7S2. The zero-order chi connectivity index (χ0) is 28.2. The van der Waals surface area contributed by atoms with Crippen molar-refractivity contribution < 1.29 is 26.6 Å². The number of hydrogen-bond acceptors (Lipinski definition) is 8. The Morgan fingerprint density at radius 1 is 0.949 bits per heavy atom. The molecule has 1 N–H and O–H groups in total. The summed E-state index contributed by atoms with van der Waals surface area (Å²) in [5.41, 5.74) is 2.10. The molecule has 1 aliphatic heterocycles. The molecule has 4 rings (SSSR count). The highest BCUT2D eigenvalue weighted by molar-refractivity contribution is 7.89. The van der Waals surface area contributed by atoms with Gasteiger partial charge in [0.15, 0.2) is 0 Å². The van der Waals surface area contributed by atoms with Crippen LogP contribution in [0.4, 0.5) is 5.69 Å². The van der Waals surface area contributed by atoms with Crippen molar-refractivity contribution in [2.24, 2.45) is 5.10 Å². The number of rotatable bonds is 8. The quantitative estimate of drug-likeness (QED) is 0.239. The second kappa shape index (κ2) is 11.6. The number of nitro groups is 1. The molecule has 1 aliphatic rings. The van der Waals surface area contributed by atoms with Gasteiger partial charge < -0.3 is 0 Å². The Bertz CT molecular complexity index is 1620. The lowest BCUT2D eigenvalue weighted by Crippen LogP contribution is -2.60. The minimum Gasteiger partial charge on any atom is -0.271 e. The van der Waals surface area contributed by atoms with Crippen LogP contribution in [0, 0.1) is 10.1 Å². The van der Waals surface area contributed by atoms with Crippen LogP contribution in [0.15, 0.2) is 93.8 Å². The summed E-state index contributed by atoms with van der Waals surface area (Å²) in [6.07, 6.45) is 1.07. The van der Waals surface area contributed by atoms with Gasteiger partial charge in [0.2, 0.25) is 20.0 Å². The van der Waals surface area contributed by atoms with Gasteiger partial charge in [-0.2, -0.15) is 13.7 Å². The van der Waals surface area contributed by atoms with Gasteiger partial charge in [-0.05, 0) is 30.3 Å². The molecule has 1 fully saturated rings. The lowest BCUT2D eigenvalue weighted by molar-refractivity contribution is -0.384. The van der Waals surface area contributed by atoms with E-state index < -0.39 is 43.5 Å². The van der Waals surface area contributed by atoms with Gasteiger partial charge >= 0.3 is 0 Å². The summed E-state index contributed by atoms with van der Waals surface area (Å²) in [5, 5.41) is 15.0. The number of nitro benzene ring substituents is 1. The van der Waals surface area contributed by atoms with E-state index in [0.717, 1.165) is 20.9 Å². The van der Waals surface area contributed by atoms with Crippen molar-refractivity contribution >= 4 is 49.5 Å². The number of carbonyl (C=O) groups excluding carboxylic acids is 1. The maximum Gasteiger partial charge on any atom is 0.270 e. The average Bonchev–Trinajstić information content (AvgIpc) is 2.94. The van der Waals surface area contributed by atoms with Crippen molar-refractivity contribution in [3.05, 3.63) is 99.6 Å². The molecule has 15 heteroatoms. The number of hydrogen-bond donors (Lipinski definition) is 1. The predicted octanol–water partition coefficient (Wildman–Crippen LogP) is 2.46. The van der Waals surface area contributed by atoms with Crippen molar-refractivity contribution in [1.82, 2.24) is 14.0 Å². The number of piperazine rings is 1. The van der Waals surface area contributed by atoms with E-state index in [-0.39, 0.29) is 39.2 Å². The van der Waals surface area contributed by atoms with Crippen LogP contribution >= 0.6 is 11.6 Å². The SMILES string of the molecule is O=C(N/N=C\c1cc([N+](=O)[O-])ccc1Cl)[C@H]1CN(S(=O)(=O)c2ccccc2)CCN1S(=O)(=O)c1ccccc1. The maximum absolute atomic E-state index is 13.4. The van der Waals surface area contributed by atoms with E-state index in [0.29, 0.717) is 0 Å². The maximum atomic E-state index is 13.4. The van der Waals surface area contributed by atoms with Crippen LogP contribution in [0.2, 0.25) is 5.02 Å². The normalized spacial score (nSPS) is 17.2. The van der Waals surface area contributed by atoms with Crippen molar-refractivity contribution in [2.45, 2.75) is 15.8 Å². The first-order valence-electron chi connectivity index (χ1n) is 11.4. The second-order valence-electron chi connectivity index (χ2n) is 8.32. The van der Waals surface area contributed by atoms with Crippen molar-refractivity contribution in [3.63, 3.8) is 0 Å². The Labute approximate surface area is 229 Å². The third-order valence-electron chi connectivity index (χ3n) is 5.90. The highest BCUT2D eigenvalue weighted by Crippen LogP contribution is 2.26. The van der Waals surface area contributed by atoms with Gasteiger partial charge in [0.05, 0.1) is 20.9 Å². The Morgan fingerprint density at radius 3 is 2.13 bits per heavy atom. The van der Waals surface area contributed by atoms with Crippen molar-refractivity contribution in [2.75, 3.05) is 19.6 Å². The summed E-state index contributed by atoms with van der Waals surface area (Å²) < 4.78 is 55.3. The Balaban J connectivity index is 1.63. The summed E-state index contributed by atoms with van der Waals surface area (Å²) in [6, 6.07) is 17.2. The Kier molecular flexibility index (Phi) is 8.42. The third kappa shape index (κ3) is 6.15. The fourth-order valence-corrected chi connectivity index (χ4v) is 7.13. The molecule has 0 bridgehead atoms. The molecule has 39 heavy (non-hydrogen) atoms. The highest BCUT2D eigenvalue weighted by Gasteiger charge is 2.43. The van der Waals surface area contributed by atoms with E-state index in [4.69, 9.17) is 11.6 Å². The number of nitrogens with zero attached hydrogens (tertiary/aromatic N) is 4. The van der Waals surface area contributed by atoms with Crippen LogP contribution < -0.4 is 5.43 Å². The smallest absolute Gasteiger partial charge is 0.270 e. The first-order chi connectivity index (χ1) is 18.5. The zero-order valence-corrected chi connectivity index (χ0v) is 22.5. The number of halogens is 1. The van der Waals surface area contributed by atoms with Crippen LogP contribution in [0.5, 0.6) is 0 Å². The van der Waals surface area contributed by atoms with Crippen molar-refractivity contribution in [1.29, 1.82) is 0 Å². The summed E-state index contributed by atoms with van der Waals surface area (Å²) >= 11 is 6.06. The average molecular weight is 592 g/mol. The van der Waals surface area contributed by atoms with E-state index in [2.05, 4.69) is 10.5 Å². The van der Waals surface area contributed by atoms with E-state index in [1.165, 1.54) is 48.5 Å². The number of benzene rings is 3. The Morgan fingerprint density at radius 2 is 1.54 bits per heavy atom. The molecule has 0 aliphatic carbocycles. The second-order valence-corrected chi connectivity index (χ2v) is 12.6. The fourth-order valence-electron chi connectivity index (χ4n) is 3.91. The predicted molar refractivity (Wildman–Crippen MR) is 143 cm³/mol. The van der Waals surface area contributed by atoms with Crippen LogP contribution in [-0.4, -0.2) is 68.2 Å². The summed E-state index contributed by atoms with van der Waals surface area (Å²) in [5.74, 6) is -0.903. The first kappa shape index (κ1) is 28.3. The van der Waals surface area contributed by atoms with Gasteiger partial charge in [0.1, 0.15) is 6.04 Å². The van der Waals surface area contributed by atoms with E-state index in [9.17, 15) is 31.7 Å².